The molecule has 2 rings (SSSR count). The van der Waals surface area contributed by atoms with Crippen molar-refractivity contribution >= 4 is 0 Å². The molecule has 0 saturated heterocycles. The van der Waals surface area contributed by atoms with E-state index < -0.39 is 0 Å². The normalized spacial score (nSPS) is 10.6. The molecule has 112 valence electrons. The Morgan fingerprint density at radius 3 is 2.43 bits per heavy atom. The number of nitrogens with one attached hydrogen (secondary N) is 1. The van der Waals surface area contributed by atoms with E-state index in [1.165, 1.54) is 22.3 Å². The van der Waals surface area contributed by atoms with E-state index in [0.717, 1.165) is 25.3 Å². The Kier molecular flexibility index (Phi) is 5.82. The zero-order chi connectivity index (χ0) is 15.1. The molecule has 0 saturated carbocycles. The van der Waals surface area contributed by atoms with Crippen LogP contribution in [0.3, 0.4) is 0 Å². The van der Waals surface area contributed by atoms with Gasteiger partial charge in [-0.3, -0.25) is 0 Å². The molecule has 0 unspecified atom stereocenters. The highest BCUT2D eigenvalue weighted by molar-refractivity contribution is 5.34. The Morgan fingerprint density at radius 1 is 1.00 bits per heavy atom. The third-order valence-electron chi connectivity index (χ3n) is 3.68. The van der Waals surface area contributed by atoms with Crippen LogP contribution >= 0.6 is 0 Å². The van der Waals surface area contributed by atoms with Crippen LogP contribution in [0.25, 0.3) is 0 Å². The van der Waals surface area contributed by atoms with Crippen molar-refractivity contribution in [3.8, 4) is 5.75 Å². The van der Waals surface area contributed by atoms with E-state index in [1.807, 2.05) is 6.07 Å². The summed E-state index contributed by atoms with van der Waals surface area (Å²) in [5.41, 5.74) is 5.13. The quantitative estimate of drug-likeness (QED) is 0.761. The van der Waals surface area contributed by atoms with Crippen molar-refractivity contribution in [3.63, 3.8) is 0 Å². The Labute approximate surface area is 128 Å². The first-order chi connectivity index (χ1) is 10.2. The van der Waals surface area contributed by atoms with Crippen LogP contribution in [0, 0.1) is 13.8 Å². The van der Waals surface area contributed by atoms with E-state index in [-0.39, 0.29) is 0 Å². The molecule has 0 aliphatic rings. The van der Waals surface area contributed by atoms with Crippen LogP contribution in [-0.2, 0) is 13.2 Å². The first-order valence-corrected chi connectivity index (χ1v) is 7.68. The smallest absolute Gasteiger partial charge is 0.120 e. The number of rotatable bonds is 7. The summed E-state index contributed by atoms with van der Waals surface area (Å²) >= 11 is 0. The Balaban J connectivity index is 1.98. The predicted molar refractivity (Wildman–Crippen MR) is 88.7 cm³/mol. The molecule has 1 N–H and O–H groups in total. The molecule has 0 heterocycles. The van der Waals surface area contributed by atoms with Crippen LogP contribution in [0.5, 0.6) is 5.75 Å². The minimum Gasteiger partial charge on any atom is -0.489 e. The number of aryl methyl sites for hydroxylation is 2. The summed E-state index contributed by atoms with van der Waals surface area (Å²) in [6.45, 7) is 9.02. The molecule has 0 fully saturated rings. The summed E-state index contributed by atoms with van der Waals surface area (Å²) < 4.78 is 5.97. The predicted octanol–water partition coefficient (Wildman–Crippen LogP) is 4.38. The summed E-state index contributed by atoms with van der Waals surface area (Å²) in [7, 11) is 0. The highest BCUT2D eigenvalue weighted by Crippen LogP contribution is 2.18. The highest BCUT2D eigenvalue weighted by atomic mass is 16.5. The highest BCUT2D eigenvalue weighted by Gasteiger charge is 2.03. The van der Waals surface area contributed by atoms with Crippen molar-refractivity contribution in [2.75, 3.05) is 6.54 Å². The first-order valence-electron chi connectivity index (χ1n) is 7.68. The van der Waals surface area contributed by atoms with E-state index in [9.17, 15) is 0 Å². The molecule has 0 amide bonds. The molecule has 0 aliphatic heterocycles. The van der Waals surface area contributed by atoms with Crippen LogP contribution in [0.2, 0.25) is 0 Å². The molecule has 2 aromatic rings. The van der Waals surface area contributed by atoms with Gasteiger partial charge in [0.25, 0.3) is 0 Å². The maximum absolute atomic E-state index is 5.97. The van der Waals surface area contributed by atoms with Crippen molar-refractivity contribution in [3.05, 3.63) is 64.7 Å². The van der Waals surface area contributed by atoms with Crippen molar-refractivity contribution < 1.29 is 4.74 Å². The largest absolute Gasteiger partial charge is 0.489 e. The summed E-state index contributed by atoms with van der Waals surface area (Å²) in [6.07, 6.45) is 1.16. The lowest BCUT2D eigenvalue weighted by molar-refractivity contribution is 0.304. The summed E-state index contributed by atoms with van der Waals surface area (Å²) in [5.74, 6) is 0.938. The van der Waals surface area contributed by atoms with E-state index in [0.29, 0.717) is 6.61 Å². The number of ether oxygens (including phenoxy) is 1. The fraction of sp³-hybridized carbons (Fsp3) is 0.368. The number of benzene rings is 2. The van der Waals surface area contributed by atoms with Gasteiger partial charge in [0.2, 0.25) is 0 Å². The van der Waals surface area contributed by atoms with E-state index in [1.54, 1.807) is 0 Å². The maximum atomic E-state index is 5.97. The summed E-state index contributed by atoms with van der Waals surface area (Å²) in [6, 6.07) is 14.7. The molecular formula is C19H25NO. The van der Waals surface area contributed by atoms with Crippen LogP contribution in [-0.4, -0.2) is 6.54 Å². The third kappa shape index (κ3) is 4.61. The molecule has 0 bridgehead atoms. The lowest BCUT2D eigenvalue weighted by Gasteiger charge is -2.12. The van der Waals surface area contributed by atoms with Gasteiger partial charge in [0, 0.05) is 6.54 Å². The molecule has 21 heavy (non-hydrogen) atoms. The van der Waals surface area contributed by atoms with Gasteiger partial charge in [-0.25, -0.2) is 0 Å². The molecule has 0 aliphatic carbocycles. The monoisotopic (exact) mass is 283 g/mol. The lowest BCUT2D eigenvalue weighted by Crippen LogP contribution is -2.13. The molecule has 2 heteroatoms. The maximum Gasteiger partial charge on any atom is 0.120 e. The molecule has 2 aromatic carbocycles. The Morgan fingerprint density at radius 2 is 1.71 bits per heavy atom. The molecule has 0 aromatic heterocycles. The van der Waals surface area contributed by atoms with Crippen LogP contribution in [0.4, 0.5) is 0 Å². The van der Waals surface area contributed by atoms with Gasteiger partial charge in [0.05, 0.1) is 0 Å². The van der Waals surface area contributed by atoms with Gasteiger partial charge in [-0.15, -0.1) is 0 Å². The molecule has 0 atom stereocenters. The van der Waals surface area contributed by atoms with Crippen LogP contribution in [0.1, 0.15) is 35.6 Å². The topological polar surface area (TPSA) is 21.3 Å². The number of hydrogen-bond acceptors (Lipinski definition) is 2. The SMILES string of the molecule is CCCNCc1cccc(OCc2c(C)cccc2C)c1. The van der Waals surface area contributed by atoms with Gasteiger partial charge in [0.1, 0.15) is 12.4 Å². The van der Waals surface area contributed by atoms with Gasteiger partial charge >= 0.3 is 0 Å². The van der Waals surface area contributed by atoms with Crippen LogP contribution in [0.15, 0.2) is 42.5 Å². The van der Waals surface area contributed by atoms with Gasteiger partial charge in [0.15, 0.2) is 0 Å². The van der Waals surface area contributed by atoms with Crippen LogP contribution < -0.4 is 10.1 Å². The van der Waals surface area contributed by atoms with Gasteiger partial charge in [-0.05, 0) is 61.2 Å². The average molecular weight is 283 g/mol. The second-order valence-corrected chi connectivity index (χ2v) is 5.48. The summed E-state index contributed by atoms with van der Waals surface area (Å²) in [4.78, 5) is 0. The van der Waals surface area contributed by atoms with Crippen molar-refractivity contribution in [1.82, 2.24) is 5.32 Å². The first kappa shape index (κ1) is 15.6. The zero-order valence-electron chi connectivity index (χ0n) is 13.3. The van der Waals surface area contributed by atoms with E-state index in [2.05, 4.69) is 62.5 Å². The number of hydrogen-bond donors (Lipinski definition) is 1. The standard InChI is InChI=1S/C19H25NO/c1-4-11-20-13-17-9-6-10-18(12-17)21-14-19-15(2)7-5-8-16(19)3/h5-10,12,20H,4,11,13-14H2,1-3H3. The second-order valence-electron chi connectivity index (χ2n) is 5.48. The van der Waals surface area contributed by atoms with E-state index >= 15 is 0 Å². The second kappa shape index (κ2) is 7.84. The van der Waals surface area contributed by atoms with Gasteiger partial charge in [-0.2, -0.15) is 0 Å². The Bertz CT molecular complexity index is 557. The average Bonchev–Trinajstić information content (AvgIpc) is 2.47. The third-order valence-corrected chi connectivity index (χ3v) is 3.68. The summed E-state index contributed by atoms with van der Waals surface area (Å²) in [5, 5.41) is 3.42. The van der Waals surface area contributed by atoms with Gasteiger partial charge in [-0.1, -0.05) is 37.3 Å². The molecule has 0 radical (unpaired) electrons. The molecule has 0 spiro atoms. The van der Waals surface area contributed by atoms with E-state index in [4.69, 9.17) is 4.74 Å². The van der Waals surface area contributed by atoms with Gasteiger partial charge < -0.3 is 10.1 Å². The minimum atomic E-state index is 0.629. The van der Waals surface area contributed by atoms with Crippen molar-refractivity contribution in [2.45, 2.75) is 40.3 Å². The zero-order valence-corrected chi connectivity index (χ0v) is 13.3. The molecule has 2 nitrogen and oxygen atoms in total. The van der Waals surface area contributed by atoms with Crippen molar-refractivity contribution in [2.24, 2.45) is 0 Å². The fourth-order valence-electron chi connectivity index (χ4n) is 2.39. The Hall–Kier alpha value is -1.80. The molecular weight excluding hydrogens is 258 g/mol. The van der Waals surface area contributed by atoms with Crippen molar-refractivity contribution in [1.29, 1.82) is 0 Å². The lowest BCUT2D eigenvalue weighted by atomic mass is 10.0. The minimum absolute atomic E-state index is 0.629. The fourth-order valence-corrected chi connectivity index (χ4v) is 2.39.